The van der Waals surface area contributed by atoms with Crippen LogP contribution in [0.25, 0.3) is 0 Å². The van der Waals surface area contributed by atoms with Crippen LogP contribution in [0.2, 0.25) is 0 Å². The SMILES string of the molecule is CCCNOc1ccccc1[N+](=O)[O-]. The quantitative estimate of drug-likeness (QED) is 0.443. The number of hydrogen-bond donors (Lipinski definition) is 1. The number of benzene rings is 1. The molecule has 0 saturated heterocycles. The largest absolute Gasteiger partial charge is 0.401 e. The smallest absolute Gasteiger partial charge is 0.313 e. The summed E-state index contributed by atoms with van der Waals surface area (Å²) in [4.78, 5) is 15.1. The molecule has 14 heavy (non-hydrogen) atoms. The molecule has 1 aromatic rings. The lowest BCUT2D eigenvalue weighted by Crippen LogP contribution is -2.19. The number of nitrogens with zero attached hydrogens (tertiary/aromatic N) is 1. The van der Waals surface area contributed by atoms with E-state index in [4.69, 9.17) is 4.84 Å². The third-order valence-corrected chi connectivity index (χ3v) is 1.60. The molecule has 1 N–H and O–H groups in total. The van der Waals surface area contributed by atoms with Gasteiger partial charge in [0.2, 0.25) is 5.75 Å². The summed E-state index contributed by atoms with van der Waals surface area (Å²) >= 11 is 0. The third-order valence-electron chi connectivity index (χ3n) is 1.60. The van der Waals surface area contributed by atoms with Crippen molar-refractivity contribution in [2.24, 2.45) is 0 Å². The molecule has 1 rings (SSSR count). The van der Waals surface area contributed by atoms with Gasteiger partial charge >= 0.3 is 5.69 Å². The topological polar surface area (TPSA) is 64.4 Å². The lowest BCUT2D eigenvalue weighted by atomic mass is 10.3. The highest BCUT2D eigenvalue weighted by molar-refractivity contribution is 5.45. The van der Waals surface area contributed by atoms with Crippen molar-refractivity contribution in [3.05, 3.63) is 34.4 Å². The minimum Gasteiger partial charge on any atom is -0.401 e. The molecule has 0 radical (unpaired) electrons. The number of hydroxylamine groups is 1. The van der Waals surface area contributed by atoms with Crippen molar-refractivity contribution in [2.45, 2.75) is 13.3 Å². The molecule has 0 atom stereocenters. The fourth-order valence-corrected chi connectivity index (χ4v) is 0.925. The lowest BCUT2D eigenvalue weighted by molar-refractivity contribution is -0.386. The molecule has 0 aliphatic carbocycles. The second kappa shape index (κ2) is 5.18. The van der Waals surface area contributed by atoms with Crippen molar-refractivity contribution in [3.8, 4) is 5.75 Å². The second-order valence-corrected chi connectivity index (χ2v) is 2.72. The van der Waals surface area contributed by atoms with Gasteiger partial charge < -0.3 is 4.84 Å². The number of para-hydroxylation sites is 2. The van der Waals surface area contributed by atoms with E-state index in [2.05, 4.69) is 5.48 Å². The minimum atomic E-state index is -0.469. The molecule has 0 aliphatic rings. The molecule has 0 heterocycles. The Labute approximate surface area is 81.8 Å². The average Bonchev–Trinajstić information content (AvgIpc) is 2.19. The molecule has 0 saturated carbocycles. The van der Waals surface area contributed by atoms with Gasteiger partial charge in [-0.3, -0.25) is 10.1 Å². The molecule has 0 fully saturated rings. The van der Waals surface area contributed by atoms with Gasteiger partial charge in [0.05, 0.1) is 4.92 Å². The Hall–Kier alpha value is -1.62. The van der Waals surface area contributed by atoms with E-state index in [1.165, 1.54) is 6.07 Å². The molecule has 5 heteroatoms. The fraction of sp³-hybridized carbons (Fsp3) is 0.333. The van der Waals surface area contributed by atoms with Crippen LogP contribution in [0.5, 0.6) is 5.75 Å². The molecular weight excluding hydrogens is 184 g/mol. The van der Waals surface area contributed by atoms with Gasteiger partial charge in [0.15, 0.2) is 0 Å². The van der Waals surface area contributed by atoms with E-state index in [0.717, 1.165) is 6.42 Å². The van der Waals surface area contributed by atoms with Crippen LogP contribution in [-0.2, 0) is 0 Å². The summed E-state index contributed by atoms with van der Waals surface area (Å²) in [5.41, 5.74) is 2.61. The zero-order valence-corrected chi connectivity index (χ0v) is 7.90. The van der Waals surface area contributed by atoms with Crippen LogP contribution < -0.4 is 10.3 Å². The van der Waals surface area contributed by atoms with Crippen LogP contribution >= 0.6 is 0 Å². The van der Waals surface area contributed by atoms with Crippen molar-refractivity contribution in [2.75, 3.05) is 6.54 Å². The summed E-state index contributed by atoms with van der Waals surface area (Å²) in [6.45, 7) is 2.64. The van der Waals surface area contributed by atoms with Crippen molar-refractivity contribution in [1.29, 1.82) is 0 Å². The Bertz CT molecular complexity index is 315. The van der Waals surface area contributed by atoms with Gasteiger partial charge in [0, 0.05) is 12.6 Å². The average molecular weight is 196 g/mol. The van der Waals surface area contributed by atoms with Gasteiger partial charge in [0.1, 0.15) is 0 Å². The van der Waals surface area contributed by atoms with Gasteiger partial charge in [0.25, 0.3) is 0 Å². The van der Waals surface area contributed by atoms with E-state index in [-0.39, 0.29) is 11.4 Å². The van der Waals surface area contributed by atoms with E-state index >= 15 is 0 Å². The van der Waals surface area contributed by atoms with E-state index < -0.39 is 4.92 Å². The molecule has 1 aromatic carbocycles. The molecule has 0 spiro atoms. The van der Waals surface area contributed by atoms with E-state index in [9.17, 15) is 10.1 Å². The predicted molar refractivity (Wildman–Crippen MR) is 52.0 cm³/mol. The maximum Gasteiger partial charge on any atom is 0.313 e. The lowest BCUT2D eigenvalue weighted by Gasteiger charge is -2.05. The van der Waals surface area contributed by atoms with Crippen molar-refractivity contribution >= 4 is 5.69 Å². The Morgan fingerprint density at radius 2 is 2.21 bits per heavy atom. The summed E-state index contributed by atoms with van der Waals surface area (Å²) in [7, 11) is 0. The summed E-state index contributed by atoms with van der Waals surface area (Å²) < 4.78 is 0. The van der Waals surface area contributed by atoms with Crippen LogP contribution in [0.15, 0.2) is 24.3 Å². The number of rotatable bonds is 5. The van der Waals surface area contributed by atoms with Gasteiger partial charge in [-0.2, -0.15) is 5.48 Å². The van der Waals surface area contributed by atoms with Gasteiger partial charge in [-0.25, -0.2) is 0 Å². The molecule has 0 aromatic heterocycles. The molecule has 5 nitrogen and oxygen atoms in total. The van der Waals surface area contributed by atoms with Crippen molar-refractivity contribution in [1.82, 2.24) is 5.48 Å². The Morgan fingerprint density at radius 1 is 1.50 bits per heavy atom. The molecular formula is C9H12N2O3. The molecule has 0 bridgehead atoms. The highest BCUT2D eigenvalue weighted by Crippen LogP contribution is 2.24. The number of hydrogen-bond acceptors (Lipinski definition) is 4. The highest BCUT2D eigenvalue weighted by Gasteiger charge is 2.13. The zero-order valence-electron chi connectivity index (χ0n) is 7.90. The van der Waals surface area contributed by atoms with Crippen LogP contribution in [0.1, 0.15) is 13.3 Å². The minimum absolute atomic E-state index is 0.0314. The Kier molecular flexibility index (Phi) is 3.87. The van der Waals surface area contributed by atoms with E-state index in [1.54, 1.807) is 18.2 Å². The molecule has 0 unspecified atom stereocenters. The van der Waals surface area contributed by atoms with Crippen LogP contribution in [-0.4, -0.2) is 11.5 Å². The highest BCUT2D eigenvalue weighted by atomic mass is 16.7. The van der Waals surface area contributed by atoms with Gasteiger partial charge in [-0.05, 0) is 12.5 Å². The van der Waals surface area contributed by atoms with Crippen LogP contribution in [0.3, 0.4) is 0 Å². The maximum atomic E-state index is 10.6. The number of nitro benzene ring substituents is 1. The van der Waals surface area contributed by atoms with Gasteiger partial charge in [-0.1, -0.05) is 19.1 Å². The first-order valence-corrected chi connectivity index (χ1v) is 4.39. The first-order valence-electron chi connectivity index (χ1n) is 4.39. The first kappa shape index (κ1) is 10.5. The van der Waals surface area contributed by atoms with E-state index in [0.29, 0.717) is 6.54 Å². The molecule has 76 valence electrons. The monoisotopic (exact) mass is 196 g/mol. The Morgan fingerprint density at radius 3 is 2.86 bits per heavy atom. The number of nitro groups is 1. The zero-order chi connectivity index (χ0) is 10.4. The summed E-state index contributed by atoms with van der Waals surface area (Å²) in [6.07, 6.45) is 0.903. The Balaban J connectivity index is 2.69. The third kappa shape index (κ3) is 2.70. The maximum absolute atomic E-state index is 10.6. The van der Waals surface area contributed by atoms with E-state index in [1.807, 2.05) is 6.92 Å². The molecule has 0 aliphatic heterocycles. The van der Waals surface area contributed by atoms with Crippen LogP contribution in [0, 0.1) is 10.1 Å². The molecule has 0 amide bonds. The second-order valence-electron chi connectivity index (χ2n) is 2.72. The summed E-state index contributed by atoms with van der Waals surface area (Å²) in [5, 5.41) is 10.6. The van der Waals surface area contributed by atoms with Crippen molar-refractivity contribution < 1.29 is 9.76 Å². The summed E-state index contributed by atoms with van der Waals surface area (Å²) in [6, 6.07) is 6.25. The van der Waals surface area contributed by atoms with Crippen molar-refractivity contribution in [3.63, 3.8) is 0 Å². The van der Waals surface area contributed by atoms with Crippen LogP contribution in [0.4, 0.5) is 5.69 Å². The first-order chi connectivity index (χ1) is 6.75. The standard InChI is InChI=1S/C9H12N2O3/c1-2-7-10-14-9-6-4-3-5-8(9)11(12)13/h3-6,10H,2,7H2,1H3. The number of nitrogens with one attached hydrogen (secondary N) is 1. The normalized spacial score (nSPS) is 9.79. The summed E-state index contributed by atoms with van der Waals surface area (Å²) in [5.74, 6) is 0.242. The fourth-order valence-electron chi connectivity index (χ4n) is 0.925. The predicted octanol–water partition coefficient (Wildman–Crippen LogP) is 1.89. The van der Waals surface area contributed by atoms with Gasteiger partial charge in [-0.15, -0.1) is 0 Å².